The van der Waals surface area contributed by atoms with Crippen LogP contribution in [0, 0.1) is 0 Å². The summed E-state index contributed by atoms with van der Waals surface area (Å²) in [6.07, 6.45) is 1.73. The van der Waals surface area contributed by atoms with E-state index in [0.29, 0.717) is 9.93 Å². The number of carbonyl (C=O) groups is 2. The van der Waals surface area contributed by atoms with Crippen LogP contribution in [0.3, 0.4) is 0 Å². The summed E-state index contributed by atoms with van der Waals surface area (Å²) in [5.41, 5.74) is 3.65. The van der Waals surface area contributed by atoms with E-state index in [-0.39, 0.29) is 15.8 Å². The molecule has 4 nitrogen and oxygen atoms in total. The standard InChI is InChI=1S/C17H10BrClN2O2S2/c18-11-7-5-10(6-8-11)9-14-16(23)21(17(24)25-14)20-15(22)12-3-1-2-4-13(12)19/h1-9H,(H,20,22). The van der Waals surface area contributed by atoms with Gasteiger partial charge in [0.1, 0.15) is 0 Å². The van der Waals surface area contributed by atoms with Crippen molar-refractivity contribution in [1.82, 2.24) is 10.4 Å². The Labute approximate surface area is 167 Å². The van der Waals surface area contributed by atoms with Crippen LogP contribution in [0.15, 0.2) is 57.9 Å². The third kappa shape index (κ3) is 4.12. The molecule has 1 heterocycles. The van der Waals surface area contributed by atoms with Crippen LogP contribution in [0.25, 0.3) is 6.08 Å². The number of rotatable bonds is 3. The molecule has 2 amide bonds. The molecular formula is C17H10BrClN2O2S2. The molecule has 0 bridgehead atoms. The molecule has 0 unspecified atom stereocenters. The van der Waals surface area contributed by atoms with Crippen molar-refractivity contribution >= 4 is 73.7 Å². The number of nitrogens with zero attached hydrogens (tertiary/aromatic N) is 1. The van der Waals surface area contributed by atoms with E-state index in [2.05, 4.69) is 21.4 Å². The average Bonchev–Trinajstić information content (AvgIpc) is 2.85. The van der Waals surface area contributed by atoms with Crippen LogP contribution >= 0.6 is 51.5 Å². The van der Waals surface area contributed by atoms with Gasteiger partial charge in [-0.2, -0.15) is 5.01 Å². The molecule has 126 valence electrons. The first kappa shape index (κ1) is 18.1. The van der Waals surface area contributed by atoms with E-state index in [0.717, 1.165) is 26.8 Å². The number of hydrazine groups is 1. The Morgan fingerprint density at radius 1 is 1.20 bits per heavy atom. The number of carbonyl (C=O) groups excluding carboxylic acids is 2. The fraction of sp³-hybridized carbons (Fsp3) is 0. The number of amides is 2. The number of benzene rings is 2. The molecule has 1 saturated heterocycles. The van der Waals surface area contributed by atoms with Gasteiger partial charge < -0.3 is 0 Å². The SMILES string of the molecule is O=C(NN1C(=O)C(=Cc2ccc(Br)cc2)SC1=S)c1ccccc1Cl. The van der Waals surface area contributed by atoms with Gasteiger partial charge in [-0.15, -0.1) is 0 Å². The molecular weight excluding hydrogens is 444 g/mol. The molecule has 1 N–H and O–H groups in total. The maximum absolute atomic E-state index is 12.5. The molecule has 1 fully saturated rings. The molecule has 1 aliphatic heterocycles. The summed E-state index contributed by atoms with van der Waals surface area (Å²) in [5, 5.41) is 1.37. The number of thioether (sulfide) groups is 1. The fourth-order valence-corrected chi connectivity index (χ4v) is 3.75. The Bertz CT molecular complexity index is 900. The summed E-state index contributed by atoms with van der Waals surface area (Å²) in [5.74, 6) is -0.870. The lowest BCUT2D eigenvalue weighted by molar-refractivity contribution is -0.123. The zero-order valence-corrected chi connectivity index (χ0v) is 16.5. The van der Waals surface area contributed by atoms with Gasteiger partial charge in [-0.25, -0.2) is 0 Å². The second-order valence-corrected chi connectivity index (χ2v) is 7.99. The fourth-order valence-electron chi connectivity index (χ4n) is 2.08. The molecule has 0 spiro atoms. The highest BCUT2D eigenvalue weighted by molar-refractivity contribution is 9.10. The summed E-state index contributed by atoms with van der Waals surface area (Å²) < 4.78 is 1.21. The monoisotopic (exact) mass is 452 g/mol. The number of halogens is 2. The lowest BCUT2D eigenvalue weighted by Crippen LogP contribution is -2.44. The highest BCUT2D eigenvalue weighted by Crippen LogP contribution is 2.31. The van der Waals surface area contributed by atoms with Crippen molar-refractivity contribution in [3.8, 4) is 0 Å². The van der Waals surface area contributed by atoms with Gasteiger partial charge in [0.05, 0.1) is 15.5 Å². The van der Waals surface area contributed by atoms with Crippen molar-refractivity contribution in [3.05, 3.63) is 74.1 Å². The summed E-state index contributed by atoms with van der Waals surface area (Å²) in [7, 11) is 0. The van der Waals surface area contributed by atoms with E-state index in [4.69, 9.17) is 23.8 Å². The van der Waals surface area contributed by atoms with Gasteiger partial charge in [0.25, 0.3) is 11.8 Å². The minimum Gasteiger partial charge on any atom is -0.267 e. The smallest absolute Gasteiger partial charge is 0.267 e. The van der Waals surface area contributed by atoms with Crippen LogP contribution in [-0.2, 0) is 4.79 Å². The van der Waals surface area contributed by atoms with E-state index in [1.807, 2.05) is 24.3 Å². The second kappa shape index (κ2) is 7.70. The Morgan fingerprint density at radius 2 is 1.88 bits per heavy atom. The highest BCUT2D eigenvalue weighted by atomic mass is 79.9. The zero-order chi connectivity index (χ0) is 18.0. The number of thiocarbonyl (C=S) groups is 1. The third-order valence-electron chi connectivity index (χ3n) is 3.29. The van der Waals surface area contributed by atoms with E-state index in [9.17, 15) is 9.59 Å². The van der Waals surface area contributed by atoms with Gasteiger partial charge in [-0.05, 0) is 48.1 Å². The number of hydrogen-bond acceptors (Lipinski definition) is 4. The van der Waals surface area contributed by atoms with Crippen LogP contribution in [0.5, 0.6) is 0 Å². The first-order valence-corrected chi connectivity index (χ1v) is 9.44. The molecule has 0 atom stereocenters. The Morgan fingerprint density at radius 3 is 2.56 bits per heavy atom. The van der Waals surface area contributed by atoms with Gasteiger partial charge >= 0.3 is 0 Å². The topological polar surface area (TPSA) is 49.4 Å². The normalized spacial score (nSPS) is 15.8. The Hall–Kier alpha value is -1.67. The molecule has 2 aromatic rings. The largest absolute Gasteiger partial charge is 0.285 e. The average molecular weight is 454 g/mol. The van der Waals surface area contributed by atoms with Crippen molar-refractivity contribution < 1.29 is 9.59 Å². The van der Waals surface area contributed by atoms with Crippen LogP contribution < -0.4 is 5.43 Å². The second-order valence-electron chi connectivity index (χ2n) is 4.99. The van der Waals surface area contributed by atoms with Crippen LogP contribution in [0.1, 0.15) is 15.9 Å². The van der Waals surface area contributed by atoms with Crippen molar-refractivity contribution in [1.29, 1.82) is 0 Å². The summed E-state index contributed by atoms with van der Waals surface area (Å²) in [6.45, 7) is 0. The van der Waals surface area contributed by atoms with Gasteiger partial charge in [0.15, 0.2) is 4.32 Å². The van der Waals surface area contributed by atoms with Gasteiger partial charge in [-0.1, -0.05) is 63.6 Å². The van der Waals surface area contributed by atoms with E-state index in [1.54, 1.807) is 30.3 Å². The molecule has 0 aromatic heterocycles. The number of hydrogen-bond donors (Lipinski definition) is 1. The molecule has 0 radical (unpaired) electrons. The predicted octanol–water partition coefficient (Wildman–Crippen LogP) is 4.65. The van der Waals surface area contributed by atoms with Crippen molar-refractivity contribution in [3.63, 3.8) is 0 Å². The molecule has 25 heavy (non-hydrogen) atoms. The van der Waals surface area contributed by atoms with E-state index in [1.165, 1.54) is 0 Å². The molecule has 0 saturated carbocycles. The first-order chi connectivity index (χ1) is 12.0. The maximum Gasteiger partial charge on any atom is 0.285 e. The summed E-state index contributed by atoms with van der Waals surface area (Å²) in [4.78, 5) is 25.3. The van der Waals surface area contributed by atoms with Crippen molar-refractivity contribution in [2.45, 2.75) is 0 Å². The van der Waals surface area contributed by atoms with Gasteiger partial charge in [-0.3, -0.25) is 15.0 Å². The molecule has 2 aromatic carbocycles. The summed E-state index contributed by atoms with van der Waals surface area (Å²) >= 11 is 15.7. The van der Waals surface area contributed by atoms with E-state index >= 15 is 0 Å². The zero-order valence-electron chi connectivity index (χ0n) is 12.5. The minimum atomic E-state index is -0.494. The van der Waals surface area contributed by atoms with Crippen LogP contribution in [0.4, 0.5) is 0 Å². The molecule has 8 heteroatoms. The van der Waals surface area contributed by atoms with Crippen LogP contribution in [-0.4, -0.2) is 21.1 Å². The maximum atomic E-state index is 12.5. The molecule has 0 aliphatic carbocycles. The Kier molecular flexibility index (Phi) is 5.58. The molecule has 3 rings (SSSR count). The van der Waals surface area contributed by atoms with Crippen molar-refractivity contribution in [2.24, 2.45) is 0 Å². The van der Waals surface area contributed by atoms with Crippen molar-refractivity contribution in [2.75, 3.05) is 0 Å². The first-order valence-electron chi connectivity index (χ1n) is 7.05. The Balaban J connectivity index is 1.79. The summed E-state index contributed by atoms with van der Waals surface area (Å²) in [6, 6.07) is 14.1. The van der Waals surface area contributed by atoms with Gasteiger partial charge in [0.2, 0.25) is 0 Å². The lowest BCUT2D eigenvalue weighted by Gasteiger charge is -2.16. The van der Waals surface area contributed by atoms with E-state index < -0.39 is 5.91 Å². The minimum absolute atomic E-state index is 0.258. The predicted molar refractivity (Wildman–Crippen MR) is 108 cm³/mol. The van der Waals surface area contributed by atoms with Gasteiger partial charge in [0, 0.05) is 4.47 Å². The molecule has 1 aliphatic rings. The third-order valence-corrected chi connectivity index (χ3v) is 5.45. The number of nitrogens with one attached hydrogen (secondary N) is 1. The van der Waals surface area contributed by atoms with Crippen LogP contribution in [0.2, 0.25) is 5.02 Å². The lowest BCUT2D eigenvalue weighted by atomic mass is 10.2. The highest BCUT2D eigenvalue weighted by Gasteiger charge is 2.34. The quantitative estimate of drug-likeness (QED) is 0.543.